The molecule has 2 rings (SSSR count). The molecule has 0 atom stereocenters. The summed E-state index contributed by atoms with van der Waals surface area (Å²) in [6.45, 7) is 11.0. The summed E-state index contributed by atoms with van der Waals surface area (Å²) in [5.41, 5.74) is 0.580. The van der Waals surface area contributed by atoms with E-state index in [0.717, 1.165) is 38.4 Å². The number of nitro benzene ring substituents is 1. The molecule has 0 bridgehead atoms. The van der Waals surface area contributed by atoms with Crippen molar-refractivity contribution in [1.29, 1.82) is 0 Å². The number of hydrogen-bond donors (Lipinski definition) is 3. The fraction of sp³-hybridized carbons (Fsp3) is 0.600. The van der Waals surface area contributed by atoms with Crippen molar-refractivity contribution < 1.29 is 14.5 Å². The number of non-ortho nitro benzene ring substituents is 1. The van der Waals surface area contributed by atoms with Crippen LogP contribution in [0.4, 0.5) is 5.69 Å². The molecule has 10 nitrogen and oxygen atoms in total. The predicted molar refractivity (Wildman–Crippen MR) is 115 cm³/mol. The average Bonchev–Trinajstić information content (AvgIpc) is 2.69. The third kappa shape index (κ3) is 9.19. The van der Waals surface area contributed by atoms with Crippen molar-refractivity contribution in [1.82, 2.24) is 20.9 Å². The van der Waals surface area contributed by atoms with Gasteiger partial charge in [0.1, 0.15) is 0 Å². The van der Waals surface area contributed by atoms with Gasteiger partial charge in [0.05, 0.1) is 31.2 Å². The Morgan fingerprint density at radius 3 is 2.47 bits per heavy atom. The van der Waals surface area contributed by atoms with Gasteiger partial charge >= 0.3 is 0 Å². The van der Waals surface area contributed by atoms with Crippen LogP contribution in [0.3, 0.4) is 0 Å². The number of carbonyl (C=O) groups excluding carboxylic acids is 1. The van der Waals surface area contributed by atoms with Gasteiger partial charge in [0, 0.05) is 43.9 Å². The van der Waals surface area contributed by atoms with Crippen LogP contribution in [0, 0.1) is 10.1 Å². The maximum Gasteiger partial charge on any atom is 0.269 e. The number of benzene rings is 1. The zero-order valence-corrected chi connectivity index (χ0v) is 17.9. The van der Waals surface area contributed by atoms with Gasteiger partial charge in [-0.15, -0.1) is 0 Å². The van der Waals surface area contributed by atoms with E-state index >= 15 is 0 Å². The molecule has 1 aliphatic rings. The highest BCUT2D eigenvalue weighted by Gasteiger charge is 2.14. The summed E-state index contributed by atoms with van der Waals surface area (Å²) >= 11 is 0. The van der Waals surface area contributed by atoms with Crippen LogP contribution in [-0.4, -0.2) is 73.2 Å². The summed E-state index contributed by atoms with van der Waals surface area (Å²) < 4.78 is 5.36. The van der Waals surface area contributed by atoms with Crippen LogP contribution in [0.1, 0.15) is 26.3 Å². The Morgan fingerprint density at radius 2 is 1.87 bits per heavy atom. The smallest absolute Gasteiger partial charge is 0.269 e. The fourth-order valence-electron chi connectivity index (χ4n) is 2.85. The van der Waals surface area contributed by atoms with E-state index < -0.39 is 4.92 Å². The normalized spacial score (nSPS) is 15.5. The van der Waals surface area contributed by atoms with E-state index in [-0.39, 0.29) is 23.7 Å². The SMILES string of the molecule is CC(C)(C)NC(=O)CNC(=NCc1ccc([N+](=O)[O-])cc1)NCCN1CCOCC1. The third-order valence-electron chi connectivity index (χ3n) is 4.32. The molecule has 1 amide bonds. The second-order valence-electron chi connectivity index (χ2n) is 8.12. The zero-order valence-electron chi connectivity index (χ0n) is 17.9. The molecule has 0 radical (unpaired) electrons. The maximum absolute atomic E-state index is 12.1. The van der Waals surface area contributed by atoms with Crippen molar-refractivity contribution in [3.05, 3.63) is 39.9 Å². The lowest BCUT2D eigenvalue weighted by atomic mass is 10.1. The van der Waals surface area contributed by atoms with Crippen molar-refractivity contribution in [3.8, 4) is 0 Å². The Balaban J connectivity index is 1.92. The van der Waals surface area contributed by atoms with Crippen LogP contribution in [0.5, 0.6) is 0 Å². The Morgan fingerprint density at radius 1 is 1.20 bits per heavy atom. The van der Waals surface area contributed by atoms with Gasteiger partial charge in [-0.3, -0.25) is 19.8 Å². The van der Waals surface area contributed by atoms with E-state index in [9.17, 15) is 14.9 Å². The summed E-state index contributed by atoms with van der Waals surface area (Å²) in [7, 11) is 0. The number of aliphatic imine (C=N–C) groups is 1. The first-order valence-corrected chi connectivity index (χ1v) is 10.1. The molecule has 0 saturated carbocycles. The van der Waals surface area contributed by atoms with Gasteiger partial charge in [0.25, 0.3) is 5.69 Å². The van der Waals surface area contributed by atoms with Gasteiger partial charge in [0.2, 0.25) is 5.91 Å². The van der Waals surface area contributed by atoms with Crippen LogP contribution in [-0.2, 0) is 16.1 Å². The molecule has 30 heavy (non-hydrogen) atoms. The molecule has 1 aliphatic heterocycles. The number of nitrogens with zero attached hydrogens (tertiary/aromatic N) is 3. The quantitative estimate of drug-likeness (QED) is 0.247. The number of morpholine rings is 1. The third-order valence-corrected chi connectivity index (χ3v) is 4.32. The minimum absolute atomic E-state index is 0.0450. The standard InChI is InChI=1S/C20H32N6O4/c1-20(2,3)24-18(27)15-23-19(21-8-9-25-10-12-30-13-11-25)22-14-16-4-6-17(7-5-16)26(28)29/h4-7H,8-15H2,1-3H3,(H,24,27)(H2,21,22,23). The average molecular weight is 421 g/mol. The Bertz CT molecular complexity index is 724. The highest BCUT2D eigenvalue weighted by Crippen LogP contribution is 2.12. The van der Waals surface area contributed by atoms with Crippen LogP contribution < -0.4 is 16.0 Å². The van der Waals surface area contributed by atoms with Crippen molar-refractivity contribution in [2.45, 2.75) is 32.9 Å². The van der Waals surface area contributed by atoms with Crippen LogP contribution >= 0.6 is 0 Å². The number of rotatable bonds is 8. The first-order chi connectivity index (χ1) is 14.2. The highest BCUT2D eigenvalue weighted by atomic mass is 16.6. The lowest BCUT2D eigenvalue weighted by Gasteiger charge is -2.27. The summed E-state index contributed by atoms with van der Waals surface area (Å²) in [4.78, 5) is 29.3. The van der Waals surface area contributed by atoms with E-state index in [4.69, 9.17) is 4.74 Å². The van der Waals surface area contributed by atoms with E-state index in [0.29, 0.717) is 19.0 Å². The van der Waals surface area contributed by atoms with Crippen molar-refractivity contribution in [2.75, 3.05) is 45.9 Å². The van der Waals surface area contributed by atoms with Gasteiger partial charge in [-0.05, 0) is 26.3 Å². The molecule has 1 aromatic carbocycles. The second-order valence-corrected chi connectivity index (χ2v) is 8.12. The number of hydrogen-bond acceptors (Lipinski definition) is 6. The van der Waals surface area contributed by atoms with Gasteiger partial charge in [-0.25, -0.2) is 4.99 Å². The molecule has 1 heterocycles. The molecule has 1 saturated heterocycles. The Kier molecular flexibility index (Phi) is 9.00. The molecule has 3 N–H and O–H groups in total. The van der Waals surface area contributed by atoms with Crippen LogP contribution in [0.25, 0.3) is 0 Å². The monoisotopic (exact) mass is 420 g/mol. The number of amides is 1. The maximum atomic E-state index is 12.1. The van der Waals surface area contributed by atoms with Gasteiger partial charge < -0.3 is 20.7 Å². The molecule has 1 aromatic rings. The first kappa shape index (κ1) is 23.6. The predicted octanol–water partition coefficient (Wildman–Crippen LogP) is 0.877. The van der Waals surface area contributed by atoms with Crippen molar-refractivity contribution in [3.63, 3.8) is 0 Å². The minimum atomic E-state index is -0.430. The van der Waals surface area contributed by atoms with Gasteiger partial charge in [-0.2, -0.15) is 0 Å². The zero-order chi connectivity index (χ0) is 22.0. The van der Waals surface area contributed by atoms with E-state index in [1.807, 2.05) is 20.8 Å². The number of guanidine groups is 1. The fourth-order valence-corrected chi connectivity index (χ4v) is 2.85. The van der Waals surface area contributed by atoms with E-state index in [1.54, 1.807) is 12.1 Å². The molecule has 1 fully saturated rings. The minimum Gasteiger partial charge on any atom is -0.379 e. The summed E-state index contributed by atoms with van der Waals surface area (Å²) in [5, 5.41) is 20.0. The molecule has 0 unspecified atom stereocenters. The molecule has 166 valence electrons. The molecule has 0 aliphatic carbocycles. The summed E-state index contributed by atoms with van der Waals surface area (Å²) in [5.74, 6) is 0.395. The topological polar surface area (TPSA) is 121 Å². The molecular formula is C20H32N6O4. The molecular weight excluding hydrogens is 388 g/mol. The second kappa shape index (κ2) is 11.5. The Labute approximate surface area is 177 Å². The van der Waals surface area contributed by atoms with Crippen LogP contribution in [0.15, 0.2) is 29.3 Å². The molecule has 0 spiro atoms. The molecule has 10 heteroatoms. The number of nitro groups is 1. The largest absolute Gasteiger partial charge is 0.379 e. The number of ether oxygens (including phenoxy) is 1. The lowest BCUT2D eigenvalue weighted by molar-refractivity contribution is -0.384. The van der Waals surface area contributed by atoms with Crippen molar-refractivity contribution in [2.24, 2.45) is 4.99 Å². The summed E-state index contributed by atoms with van der Waals surface area (Å²) in [6, 6.07) is 6.28. The van der Waals surface area contributed by atoms with E-state index in [1.165, 1.54) is 12.1 Å². The highest BCUT2D eigenvalue weighted by molar-refractivity contribution is 5.86. The van der Waals surface area contributed by atoms with Crippen molar-refractivity contribution >= 4 is 17.6 Å². The molecule has 0 aromatic heterocycles. The van der Waals surface area contributed by atoms with Gasteiger partial charge in [0.15, 0.2) is 5.96 Å². The first-order valence-electron chi connectivity index (χ1n) is 10.1. The van der Waals surface area contributed by atoms with E-state index in [2.05, 4.69) is 25.8 Å². The summed E-state index contributed by atoms with van der Waals surface area (Å²) in [6.07, 6.45) is 0. The Hall–Kier alpha value is -2.72. The van der Waals surface area contributed by atoms with Gasteiger partial charge in [-0.1, -0.05) is 12.1 Å². The lowest BCUT2D eigenvalue weighted by Crippen LogP contribution is -2.49. The van der Waals surface area contributed by atoms with Crippen LogP contribution in [0.2, 0.25) is 0 Å². The number of nitrogens with one attached hydrogen (secondary N) is 3. The number of carbonyl (C=O) groups is 1.